The number of carbonyl (C=O) groups is 1. The van der Waals surface area contributed by atoms with Gasteiger partial charge in [0.2, 0.25) is 0 Å². The zero-order valence-corrected chi connectivity index (χ0v) is 15.3. The average Bonchev–Trinajstić information content (AvgIpc) is 3.36. The normalized spacial score (nSPS) is 15.6. The number of amides is 1. The summed E-state index contributed by atoms with van der Waals surface area (Å²) in [6, 6.07) is 5.40. The first kappa shape index (κ1) is 18.4. The Labute approximate surface area is 158 Å². The number of nitrogens with one attached hydrogen (secondary N) is 1. The molecule has 0 aromatic carbocycles. The van der Waals surface area contributed by atoms with Crippen molar-refractivity contribution < 1.29 is 18.0 Å². The number of aryl methyl sites for hydroxylation is 2. The van der Waals surface area contributed by atoms with E-state index in [1.54, 1.807) is 19.1 Å². The number of pyridine rings is 1. The Bertz CT molecular complexity index is 1060. The fourth-order valence-electron chi connectivity index (χ4n) is 3.21. The molecule has 1 saturated carbocycles. The standard InChI is InChI=1S/C19H18F3N5O/c1-10-4-3-5-14(24-10)15-8-11(2)27-17(25-15)13(9-23-27)18(28)26-16(12-6-7-12)19(20,21)22/h3-5,8-9,12,16H,6-7H2,1-2H3,(H,26,28)/t16-/m0/s1. The molecule has 3 heterocycles. The van der Waals surface area contributed by atoms with E-state index in [-0.39, 0.29) is 11.2 Å². The molecule has 1 aliphatic rings. The quantitative estimate of drug-likeness (QED) is 0.742. The molecule has 9 heteroatoms. The maximum Gasteiger partial charge on any atom is 0.408 e. The van der Waals surface area contributed by atoms with Crippen molar-refractivity contribution in [3.63, 3.8) is 0 Å². The number of alkyl halides is 3. The Morgan fingerprint density at radius 2 is 1.96 bits per heavy atom. The topological polar surface area (TPSA) is 72.2 Å². The smallest absolute Gasteiger partial charge is 0.340 e. The highest BCUT2D eigenvalue weighted by atomic mass is 19.4. The molecule has 1 amide bonds. The highest BCUT2D eigenvalue weighted by Crippen LogP contribution is 2.40. The van der Waals surface area contributed by atoms with Crippen LogP contribution in [0.1, 0.15) is 34.6 Å². The number of nitrogens with zero attached hydrogens (tertiary/aromatic N) is 4. The molecule has 0 spiro atoms. The largest absolute Gasteiger partial charge is 0.408 e. The second-order valence-corrected chi connectivity index (χ2v) is 7.07. The lowest BCUT2D eigenvalue weighted by Gasteiger charge is -2.20. The van der Waals surface area contributed by atoms with Gasteiger partial charge in [0.25, 0.3) is 5.91 Å². The van der Waals surface area contributed by atoms with Crippen LogP contribution in [0.3, 0.4) is 0 Å². The van der Waals surface area contributed by atoms with Gasteiger partial charge in [0.15, 0.2) is 5.65 Å². The van der Waals surface area contributed by atoms with Crippen molar-refractivity contribution in [1.82, 2.24) is 24.9 Å². The Kier molecular flexibility index (Phi) is 4.32. The molecule has 28 heavy (non-hydrogen) atoms. The summed E-state index contributed by atoms with van der Waals surface area (Å²) >= 11 is 0. The zero-order valence-electron chi connectivity index (χ0n) is 15.3. The molecule has 3 aromatic heterocycles. The molecule has 0 radical (unpaired) electrons. The molecule has 1 fully saturated rings. The molecule has 1 atom stereocenters. The van der Waals surface area contributed by atoms with Crippen LogP contribution in [0, 0.1) is 19.8 Å². The molecular formula is C19H18F3N5O. The molecule has 0 unspecified atom stereocenters. The Morgan fingerprint density at radius 3 is 2.61 bits per heavy atom. The number of hydrogen-bond donors (Lipinski definition) is 1. The van der Waals surface area contributed by atoms with Gasteiger partial charge in [0, 0.05) is 11.4 Å². The first-order valence-corrected chi connectivity index (χ1v) is 8.91. The third kappa shape index (κ3) is 3.44. The number of hydrogen-bond acceptors (Lipinski definition) is 4. The van der Waals surface area contributed by atoms with E-state index in [0.717, 1.165) is 5.69 Å². The first-order chi connectivity index (χ1) is 13.2. The zero-order chi connectivity index (χ0) is 20.1. The van der Waals surface area contributed by atoms with Crippen molar-refractivity contribution in [1.29, 1.82) is 0 Å². The summed E-state index contributed by atoms with van der Waals surface area (Å²) in [7, 11) is 0. The van der Waals surface area contributed by atoms with Crippen molar-refractivity contribution in [2.75, 3.05) is 0 Å². The fourth-order valence-corrected chi connectivity index (χ4v) is 3.21. The lowest BCUT2D eigenvalue weighted by atomic mass is 10.1. The number of halogens is 3. The molecular weight excluding hydrogens is 371 g/mol. The third-order valence-electron chi connectivity index (χ3n) is 4.78. The van der Waals surface area contributed by atoms with Gasteiger partial charge in [0.1, 0.15) is 11.6 Å². The van der Waals surface area contributed by atoms with Crippen LogP contribution >= 0.6 is 0 Å². The van der Waals surface area contributed by atoms with E-state index in [2.05, 4.69) is 20.4 Å². The number of fused-ring (bicyclic) bond motifs is 1. The first-order valence-electron chi connectivity index (χ1n) is 8.91. The van der Waals surface area contributed by atoms with Crippen LogP contribution in [0.5, 0.6) is 0 Å². The minimum Gasteiger partial charge on any atom is -0.340 e. The summed E-state index contributed by atoms with van der Waals surface area (Å²) < 4.78 is 41.2. The van der Waals surface area contributed by atoms with E-state index in [9.17, 15) is 18.0 Å². The summed E-state index contributed by atoms with van der Waals surface area (Å²) in [4.78, 5) is 21.5. The summed E-state index contributed by atoms with van der Waals surface area (Å²) in [6.45, 7) is 3.63. The molecule has 0 aliphatic heterocycles. The van der Waals surface area contributed by atoms with Crippen LogP contribution < -0.4 is 5.32 Å². The van der Waals surface area contributed by atoms with E-state index in [1.807, 2.05) is 19.1 Å². The molecule has 1 aliphatic carbocycles. The van der Waals surface area contributed by atoms with Gasteiger partial charge < -0.3 is 5.32 Å². The van der Waals surface area contributed by atoms with Gasteiger partial charge in [-0.25, -0.2) is 9.50 Å². The Balaban J connectivity index is 1.72. The summed E-state index contributed by atoms with van der Waals surface area (Å²) in [6.07, 6.45) is -2.32. The van der Waals surface area contributed by atoms with Gasteiger partial charge >= 0.3 is 6.18 Å². The van der Waals surface area contributed by atoms with E-state index < -0.39 is 24.0 Å². The maximum absolute atomic E-state index is 13.3. The van der Waals surface area contributed by atoms with Crippen molar-refractivity contribution in [3.05, 3.63) is 47.4 Å². The van der Waals surface area contributed by atoms with Crippen molar-refractivity contribution in [2.45, 2.75) is 38.9 Å². The van der Waals surface area contributed by atoms with E-state index in [0.29, 0.717) is 29.9 Å². The average molecular weight is 389 g/mol. The third-order valence-corrected chi connectivity index (χ3v) is 4.78. The molecule has 4 rings (SSSR count). The highest BCUT2D eigenvalue weighted by Gasteiger charge is 2.49. The predicted octanol–water partition coefficient (Wildman–Crippen LogP) is 3.48. The molecule has 0 saturated heterocycles. The monoisotopic (exact) mass is 389 g/mol. The van der Waals surface area contributed by atoms with Gasteiger partial charge in [-0.1, -0.05) is 6.07 Å². The number of aromatic nitrogens is 4. The molecule has 1 N–H and O–H groups in total. The van der Waals surface area contributed by atoms with Crippen LogP contribution in [-0.2, 0) is 0 Å². The summed E-state index contributed by atoms with van der Waals surface area (Å²) in [5.74, 6) is -1.39. The van der Waals surface area contributed by atoms with Gasteiger partial charge in [-0.05, 0) is 50.8 Å². The van der Waals surface area contributed by atoms with E-state index in [4.69, 9.17) is 0 Å². The maximum atomic E-state index is 13.3. The van der Waals surface area contributed by atoms with Gasteiger partial charge in [0.05, 0.1) is 17.6 Å². The minimum absolute atomic E-state index is 0.00695. The second-order valence-electron chi connectivity index (χ2n) is 7.07. The van der Waals surface area contributed by atoms with E-state index in [1.165, 1.54) is 10.7 Å². The number of rotatable bonds is 4. The van der Waals surface area contributed by atoms with Crippen molar-refractivity contribution in [2.24, 2.45) is 5.92 Å². The lowest BCUT2D eigenvalue weighted by Crippen LogP contribution is -2.46. The van der Waals surface area contributed by atoms with Crippen LogP contribution in [0.25, 0.3) is 17.0 Å². The van der Waals surface area contributed by atoms with Crippen molar-refractivity contribution in [3.8, 4) is 11.4 Å². The summed E-state index contributed by atoms with van der Waals surface area (Å²) in [5, 5.41) is 6.24. The van der Waals surface area contributed by atoms with Gasteiger partial charge in [-0.15, -0.1) is 0 Å². The second kappa shape index (κ2) is 6.57. The van der Waals surface area contributed by atoms with Gasteiger partial charge in [-0.3, -0.25) is 9.78 Å². The molecule has 3 aromatic rings. The Morgan fingerprint density at radius 1 is 1.21 bits per heavy atom. The van der Waals surface area contributed by atoms with Crippen LogP contribution in [0.15, 0.2) is 30.5 Å². The van der Waals surface area contributed by atoms with Crippen LogP contribution in [0.4, 0.5) is 13.2 Å². The SMILES string of the molecule is Cc1cccc(-c2cc(C)n3ncc(C(=O)N[C@@H](C4CC4)C(F)(F)F)c3n2)n1. The highest BCUT2D eigenvalue weighted by molar-refractivity contribution is 6.00. The number of carbonyl (C=O) groups excluding carboxylic acids is 1. The molecule has 146 valence electrons. The lowest BCUT2D eigenvalue weighted by molar-refractivity contribution is -0.158. The van der Waals surface area contributed by atoms with Crippen molar-refractivity contribution >= 4 is 11.6 Å². The Hall–Kier alpha value is -2.97. The summed E-state index contributed by atoms with van der Waals surface area (Å²) in [5.41, 5.74) is 2.85. The molecule has 0 bridgehead atoms. The fraction of sp³-hybridized carbons (Fsp3) is 0.368. The minimum atomic E-state index is -4.49. The van der Waals surface area contributed by atoms with E-state index >= 15 is 0 Å². The molecule has 6 nitrogen and oxygen atoms in total. The van der Waals surface area contributed by atoms with Crippen LogP contribution in [0.2, 0.25) is 0 Å². The van der Waals surface area contributed by atoms with Gasteiger partial charge in [-0.2, -0.15) is 18.3 Å². The van der Waals surface area contributed by atoms with Crippen LogP contribution in [-0.4, -0.2) is 37.7 Å². The predicted molar refractivity (Wildman–Crippen MR) is 95.7 cm³/mol.